The molecule has 2 atom stereocenters. The van der Waals surface area contributed by atoms with E-state index >= 15 is 0 Å². The molecule has 0 saturated heterocycles. The van der Waals surface area contributed by atoms with Gasteiger partial charge in [-0.3, -0.25) is 14.0 Å². The molecule has 1 heterocycles. The standard InChI is InChI=1S/C25H26N2O3S/c1-20(22-12-6-3-7-13-22)26-18-24(16-21-10-4-2-5-11-21)27(19-26)17-23-14-8-9-15-25(23)31(28,29)30/h2-15,19-20,24H,16-18H2,1H3/p+1/t20-,24-/m0/s1. The number of hydrogen-bond donors (Lipinski definition) is 1. The molecule has 0 aromatic heterocycles. The normalized spacial score (nSPS) is 17.4. The molecule has 0 radical (unpaired) electrons. The van der Waals surface area contributed by atoms with Crippen LogP contribution in [0.2, 0.25) is 0 Å². The zero-order chi connectivity index (χ0) is 21.8. The summed E-state index contributed by atoms with van der Waals surface area (Å²) in [5, 5.41) is 0. The summed E-state index contributed by atoms with van der Waals surface area (Å²) in [6.45, 7) is 3.42. The van der Waals surface area contributed by atoms with Crippen molar-refractivity contribution in [2.45, 2.75) is 36.9 Å². The van der Waals surface area contributed by atoms with Crippen LogP contribution < -0.4 is 0 Å². The third kappa shape index (κ3) is 5.03. The van der Waals surface area contributed by atoms with Crippen molar-refractivity contribution in [3.05, 3.63) is 102 Å². The van der Waals surface area contributed by atoms with Crippen LogP contribution in [-0.2, 0) is 23.1 Å². The van der Waals surface area contributed by atoms with Gasteiger partial charge in [0.1, 0.15) is 30.1 Å². The topological polar surface area (TPSA) is 60.6 Å². The molecule has 0 amide bonds. The predicted molar refractivity (Wildman–Crippen MR) is 122 cm³/mol. The van der Waals surface area contributed by atoms with Crippen LogP contribution in [0, 0.1) is 0 Å². The number of hydrogen-bond acceptors (Lipinski definition) is 3. The first-order chi connectivity index (χ1) is 14.9. The monoisotopic (exact) mass is 435 g/mol. The Morgan fingerprint density at radius 3 is 2.26 bits per heavy atom. The molecule has 0 fully saturated rings. The van der Waals surface area contributed by atoms with Crippen molar-refractivity contribution in [1.29, 1.82) is 0 Å². The zero-order valence-electron chi connectivity index (χ0n) is 17.5. The van der Waals surface area contributed by atoms with Crippen molar-refractivity contribution in [2.24, 2.45) is 0 Å². The van der Waals surface area contributed by atoms with Gasteiger partial charge in [-0.1, -0.05) is 78.9 Å². The Morgan fingerprint density at radius 1 is 0.968 bits per heavy atom. The van der Waals surface area contributed by atoms with E-state index < -0.39 is 10.1 Å². The summed E-state index contributed by atoms with van der Waals surface area (Å²) >= 11 is 0. The molecule has 1 aliphatic heterocycles. The molecule has 1 aliphatic rings. The van der Waals surface area contributed by atoms with Crippen molar-refractivity contribution in [1.82, 2.24) is 4.90 Å². The van der Waals surface area contributed by atoms with E-state index in [0.29, 0.717) is 12.1 Å². The molecular formula is C25H27N2O3S+. The van der Waals surface area contributed by atoms with Gasteiger partial charge >= 0.3 is 0 Å². The van der Waals surface area contributed by atoms with Crippen LogP contribution in [0.1, 0.15) is 29.7 Å². The van der Waals surface area contributed by atoms with Gasteiger partial charge in [0.2, 0.25) is 6.34 Å². The molecule has 3 aromatic rings. The van der Waals surface area contributed by atoms with Crippen molar-refractivity contribution in [3.8, 4) is 0 Å². The Balaban J connectivity index is 1.65. The molecule has 0 unspecified atom stereocenters. The molecule has 5 nitrogen and oxygen atoms in total. The van der Waals surface area contributed by atoms with Crippen LogP contribution in [-0.4, -0.2) is 41.4 Å². The summed E-state index contributed by atoms with van der Waals surface area (Å²) in [5.74, 6) is 0. The molecule has 3 aromatic carbocycles. The highest BCUT2D eigenvalue weighted by molar-refractivity contribution is 7.85. The minimum Gasteiger partial charge on any atom is -0.282 e. The third-order valence-corrected chi connectivity index (χ3v) is 6.84. The highest BCUT2D eigenvalue weighted by atomic mass is 32.2. The summed E-state index contributed by atoms with van der Waals surface area (Å²) in [7, 11) is -4.28. The second kappa shape index (κ2) is 9.04. The molecule has 1 N–H and O–H groups in total. The van der Waals surface area contributed by atoms with Gasteiger partial charge in [0.15, 0.2) is 0 Å². The van der Waals surface area contributed by atoms with E-state index in [0.717, 1.165) is 13.0 Å². The lowest BCUT2D eigenvalue weighted by Gasteiger charge is -2.18. The second-order valence-corrected chi connectivity index (χ2v) is 9.39. The lowest BCUT2D eigenvalue weighted by Crippen LogP contribution is -2.30. The van der Waals surface area contributed by atoms with Crippen molar-refractivity contribution < 1.29 is 17.5 Å². The van der Waals surface area contributed by atoms with E-state index in [2.05, 4.69) is 47.0 Å². The van der Waals surface area contributed by atoms with E-state index in [4.69, 9.17) is 0 Å². The predicted octanol–water partition coefficient (Wildman–Crippen LogP) is 4.16. The van der Waals surface area contributed by atoms with E-state index in [9.17, 15) is 13.0 Å². The highest BCUT2D eigenvalue weighted by Gasteiger charge is 2.35. The number of rotatable bonds is 7. The zero-order valence-corrected chi connectivity index (χ0v) is 18.3. The SMILES string of the molecule is C[C@@H](c1ccccc1)N1C=[N+](Cc2ccccc2S(=O)(=O)O)[C@@H](Cc2ccccc2)C1. The Morgan fingerprint density at radius 2 is 1.58 bits per heavy atom. The molecule has 31 heavy (non-hydrogen) atoms. The summed E-state index contributed by atoms with van der Waals surface area (Å²) in [4.78, 5) is 2.27. The van der Waals surface area contributed by atoms with E-state index in [-0.39, 0.29) is 17.0 Å². The van der Waals surface area contributed by atoms with Crippen LogP contribution in [0.3, 0.4) is 0 Å². The van der Waals surface area contributed by atoms with Crippen LogP contribution in [0.25, 0.3) is 0 Å². The maximum atomic E-state index is 11.9. The minimum absolute atomic E-state index is 0.0311. The molecule has 0 bridgehead atoms. The Labute approximate surface area is 184 Å². The van der Waals surface area contributed by atoms with Gasteiger partial charge in [-0.25, -0.2) is 0 Å². The average molecular weight is 436 g/mol. The molecule has 0 saturated carbocycles. The van der Waals surface area contributed by atoms with Gasteiger partial charge in [-0.05, 0) is 24.1 Å². The van der Waals surface area contributed by atoms with Crippen molar-refractivity contribution >= 4 is 16.5 Å². The van der Waals surface area contributed by atoms with Crippen LogP contribution in [0.15, 0.2) is 89.8 Å². The maximum Gasteiger partial charge on any atom is 0.294 e. The average Bonchev–Trinajstić information content (AvgIpc) is 3.16. The van der Waals surface area contributed by atoms with Gasteiger partial charge in [-0.15, -0.1) is 0 Å². The largest absolute Gasteiger partial charge is 0.294 e. The first kappa shape index (κ1) is 21.3. The van der Waals surface area contributed by atoms with Gasteiger partial charge in [0.25, 0.3) is 10.1 Å². The molecule has 0 aliphatic carbocycles. The van der Waals surface area contributed by atoms with Crippen LogP contribution in [0.5, 0.6) is 0 Å². The van der Waals surface area contributed by atoms with Gasteiger partial charge in [-0.2, -0.15) is 8.42 Å². The summed E-state index contributed by atoms with van der Waals surface area (Å²) in [6, 6.07) is 27.7. The summed E-state index contributed by atoms with van der Waals surface area (Å²) in [6.07, 6.45) is 2.95. The summed E-state index contributed by atoms with van der Waals surface area (Å²) in [5.41, 5.74) is 3.06. The smallest absolute Gasteiger partial charge is 0.282 e. The van der Waals surface area contributed by atoms with Crippen LogP contribution >= 0.6 is 0 Å². The van der Waals surface area contributed by atoms with Gasteiger partial charge in [0.05, 0.1) is 0 Å². The fourth-order valence-corrected chi connectivity index (χ4v) is 4.90. The van der Waals surface area contributed by atoms with E-state index in [1.54, 1.807) is 18.2 Å². The molecule has 6 heteroatoms. The van der Waals surface area contributed by atoms with Gasteiger partial charge < -0.3 is 0 Å². The quantitative estimate of drug-likeness (QED) is 0.447. The number of benzene rings is 3. The summed E-state index contributed by atoms with van der Waals surface area (Å²) < 4.78 is 35.6. The van der Waals surface area contributed by atoms with Crippen molar-refractivity contribution in [3.63, 3.8) is 0 Å². The van der Waals surface area contributed by atoms with E-state index in [1.165, 1.54) is 17.2 Å². The lowest BCUT2D eigenvalue weighted by molar-refractivity contribution is -0.567. The van der Waals surface area contributed by atoms with Gasteiger partial charge in [0, 0.05) is 12.0 Å². The Bertz CT molecular complexity index is 1160. The highest BCUT2D eigenvalue weighted by Crippen LogP contribution is 2.25. The molecule has 160 valence electrons. The van der Waals surface area contributed by atoms with E-state index in [1.807, 2.05) is 36.4 Å². The second-order valence-electron chi connectivity index (χ2n) is 8.00. The van der Waals surface area contributed by atoms with Crippen molar-refractivity contribution in [2.75, 3.05) is 6.54 Å². The molecule has 4 rings (SSSR count). The maximum absolute atomic E-state index is 11.9. The first-order valence-corrected chi connectivity index (χ1v) is 11.9. The molecular weight excluding hydrogens is 408 g/mol. The fraction of sp³-hybridized carbons (Fsp3) is 0.240. The third-order valence-electron chi connectivity index (χ3n) is 5.88. The Kier molecular flexibility index (Phi) is 6.20. The Hall–Kier alpha value is -2.96. The number of nitrogens with zero attached hydrogens (tertiary/aromatic N) is 2. The minimum atomic E-state index is -4.28. The fourth-order valence-electron chi connectivity index (χ4n) is 4.18. The first-order valence-electron chi connectivity index (χ1n) is 10.4. The molecule has 0 spiro atoms. The lowest BCUT2D eigenvalue weighted by atomic mass is 10.0. The van der Waals surface area contributed by atoms with Crippen LogP contribution in [0.4, 0.5) is 0 Å².